The number of hydrogen-bond acceptors (Lipinski definition) is 3. The number of carbonyl (C=O) groups excluding carboxylic acids is 2. The van der Waals surface area contributed by atoms with Crippen LogP contribution in [0.25, 0.3) is 0 Å². The molecule has 0 spiro atoms. The average Bonchev–Trinajstić information content (AvgIpc) is 3.60. The van der Waals surface area contributed by atoms with Crippen LogP contribution >= 0.6 is 0 Å². The van der Waals surface area contributed by atoms with Gasteiger partial charge in [0.05, 0.1) is 5.92 Å². The molecule has 1 saturated carbocycles. The largest absolute Gasteiger partial charge is 0.352 e. The maximum absolute atomic E-state index is 14.3. The fourth-order valence-corrected chi connectivity index (χ4v) is 4.36. The Morgan fingerprint density at radius 3 is 2.44 bits per heavy atom. The SMILES string of the molecule is Cc1cccc(CNC(=O)C2CCCN(N(C(=O)c3c(F)cccc3F)C3CC3)C2)c1C. The highest BCUT2D eigenvalue weighted by atomic mass is 19.1. The van der Waals surface area contributed by atoms with E-state index in [0.717, 1.165) is 48.9 Å². The topological polar surface area (TPSA) is 52.7 Å². The number of aryl methyl sites for hydroxylation is 1. The third-order valence-electron chi connectivity index (χ3n) is 6.52. The highest BCUT2D eigenvalue weighted by molar-refractivity contribution is 5.95. The molecule has 1 unspecified atom stereocenters. The molecule has 0 bridgehead atoms. The molecule has 1 N–H and O–H groups in total. The first-order valence-corrected chi connectivity index (χ1v) is 11.2. The lowest BCUT2D eigenvalue weighted by Gasteiger charge is -2.40. The lowest BCUT2D eigenvalue weighted by molar-refractivity contribution is -0.130. The Balaban J connectivity index is 1.45. The van der Waals surface area contributed by atoms with E-state index in [1.54, 1.807) is 0 Å². The predicted octanol–water partition coefficient (Wildman–Crippen LogP) is 4.13. The Morgan fingerprint density at radius 2 is 1.75 bits per heavy atom. The maximum Gasteiger partial charge on any atom is 0.274 e. The number of rotatable bonds is 6. The van der Waals surface area contributed by atoms with Gasteiger partial charge >= 0.3 is 0 Å². The number of benzene rings is 2. The molecule has 0 radical (unpaired) electrons. The zero-order valence-corrected chi connectivity index (χ0v) is 18.5. The van der Waals surface area contributed by atoms with Crippen LogP contribution in [0.2, 0.25) is 0 Å². The second-order valence-corrected chi connectivity index (χ2v) is 8.81. The molecule has 2 aliphatic rings. The molecule has 1 aliphatic carbocycles. The van der Waals surface area contributed by atoms with Crippen molar-refractivity contribution in [3.63, 3.8) is 0 Å². The molecule has 32 heavy (non-hydrogen) atoms. The molecule has 4 rings (SSSR count). The molecule has 2 fully saturated rings. The Labute approximate surface area is 187 Å². The quantitative estimate of drug-likeness (QED) is 0.734. The van der Waals surface area contributed by atoms with Gasteiger partial charge in [0.15, 0.2) is 0 Å². The van der Waals surface area contributed by atoms with Crippen molar-refractivity contribution in [2.45, 2.75) is 52.1 Å². The van der Waals surface area contributed by atoms with Crippen molar-refractivity contribution in [3.8, 4) is 0 Å². The smallest absolute Gasteiger partial charge is 0.274 e. The number of hydrogen-bond donors (Lipinski definition) is 1. The summed E-state index contributed by atoms with van der Waals surface area (Å²) in [6, 6.07) is 9.40. The summed E-state index contributed by atoms with van der Waals surface area (Å²) in [7, 11) is 0. The molecule has 2 amide bonds. The van der Waals surface area contributed by atoms with Crippen LogP contribution in [0.1, 0.15) is 52.7 Å². The third kappa shape index (κ3) is 4.67. The van der Waals surface area contributed by atoms with Gasteiger partial charge in [-0.25, -0.2) is 13.8 Å². The molecule has 0 aromatic heterocycles. The number of hydrazine groups is 1. The van der Waals surface area contributed by atoms with E-state index < -0.39 is 23.1 Å². The number of carbonyl (C=O) groups is 2. The minimum Gasteiger partial charge on any atom is -0.352 e. The molecule has 2 aromatic carbocycles. The first kappa shape index (κ1) is 22.4. The van der Waals surface area contributed by atoms with E-state index in [2.05, 4.69) is 5.32 Å². The number of nitrogens with zero attached hydrogens (tertiary/aromatic N) is 2. The summed E-state index contributed by atoms with van der Waals surface area (Å²) in [4.78, 5) is 26.0. The Morgan fingerprint density at radius 1 is 1.06 bits per heavy atom. The van der Waals surface area contributed by atoms with E-state index in [1.165, 1.54) is 16.6 Å². The van der Waals surface area contributed by atoms with E-state index in [0.29, 0.717) is 19.6 Å². The first-order valence-electron chi connectivity index (χ1n) is 11.2. The molecular formula is C25H29F2N3O2. The molecular weight excluding hydrogens is 412 g/mol. The molecule has 2 aromatic rings. The maximum atomic E-state index is 14.3. The van der Waals surface area contributed by atoms with Crippen molar-refractivity contribution in [1.29, 1.82) is 0 Å². The lowest BCUT2D eigenvalue weighted by atomic mass is 9.97. The van der Waals surface area contributed by atoms with E-state index in [1.807, 2.05) is 37.1 Å². The summed E-state index contributed by atoms with van der Waals surface area (Å²) < 4.78 is 28.5. The van der Waals surface area contributed by atoms with Crippen LogP contribution in [0.15, 0.2) is 36.4 Å². The lowest BCUT2D eigenvalue weighted by Crippen LogP contribution is -2.54. The van der Waals surface area contributed by atoms with Crippen LogP contribution in [0.5, 0.6) is 0 Å². The van der Waals surface area contributed by atoms with Gasteiger partial charge < -0.3 is 5.32 Å². The fourth-order valence-electron chi connectivity index (χ4n) is 4.36. The van der Waals surface area contributed by atoms with Crippen molar-refractivity contribution in [1.82, 2.24) is 15.3 Å². The van der Waals surface area contributed by atoms with E-state index in [4.69, 9.17) is 0 Å². The van der Waals surface area contributed by atoms with Crippen molar-refractivity contribution >= 4 is 11.8 Å². The number of piperidine rings is 1. The van der Waals surface area contributed by atoms with Crippen LogP contribution < -0.4 is 5.32 Å². The molecule has 1 atom stereocenters. The van der Waals surface area contributed by atoms with Crippen molar-refractivity contribution < 1.29 is 18.4 Å². The van der Waals surface area contributed by atoms with Gasteiger partial charge in [-0.3, -0.25) is 14.6 Å². The third-order valence-corrected chi connectivity index (χ3v) is 6.52. The van der Waals surface area contributed by atoms with Crippen LogP contribution in [0.4, 0.5) is 8.78 Å². The summed E-state index contributed by atoms with van der Waals surface area (Å²) in [5.41, 5.74) is 2.90. The van der Waals surface area contributed by atoms with Crippen molar-refractivity contribution in [3.05, 3.63) is 70.3 Å². The summed E-state index contributed by atoms with van der Waals surface area (Å²) in [5, 5.41) is 6.34. The van der Waals surface area contributed by atoms with E-state index in [-0.39, 0.29) is 17.9 Å². The van der Waals surface area contributed by atoms with Gasteiger partial charge in [-0.1, -0.05) is 24.3 Å². The van der Waals surface area contributed by atoms with Gasteiger partial charge in [-0.2, -0.15) is 0 Å². The minimum absolute atomic E-state index is 0.0594. The number of amides is 2. The second-order valence-electron chi connectivity index (χ2n) is 8.81. The normalized spacial score (nSPS) is 18.9. The molecule has 1 heterocycles. The molecule has 170 valence electrons. The summed E-state index contributed by atoms with van der Waals surface area (Å²) in [5.74, 6) is -2.73. The Hall–Kier alpha value is -2.80. The molecule has 5 nitrogen and oxygen atoms in total. The van der Waals surface area contributed by atoms with Gasteiger partial charge in [-0.15, -0.1) is 0 Å². The zero-order chi connectivity index (χ0) is 22.8. The standard InChI is InChI=1S/C25H29F2N3O2/c1-16-6-3-7-18(17(16)2)14-28-24(31)19-8-5-13-29(15-19)30(20-11-12-20)25(32)23-21(26)9-4-10-22(23)27/h3-4,6-7,9-10,19-20H,5,8,11-15H2,1-2H3,(H,28,31). The Bertz CT molecular complexity index is 1000. The van der Waals surface area contributed by atoms with Gasteiger partial charge in [0.25, 0.3) is 5.91 Å². The fraction of sp³-hybridized carbons (Fsp3) is 0.440. The summed E-state index contributed by atoms with van der Waals surface area (Å²) in [6.07, 6.45) is 3.04. The minimum atomic E-state index is -0.861. The van der Waals surface area contributed by atoms with E-state index >= 15 is 0 Å². The van der Waals surface area contributed by atoms with E-state index in [9.17, 15) is 18.4 Å². The Kier molecular flexibility index (Phi) is 6.55. The van der Waals surface area contributed by atoms with Crippen LogP contribution in [-0.2, 0) is 11.3 Å². The average molecular weight is 442 g/mol. The van der Waals surface area contributed by atoms with Crippen LogP contribution in [-0.4, -0.2) is 41.0 Å². The van der Waals surface area contributed by atoms with Crippen molar-refractivity contribution in [2.24, 2.45) is 5.92 Å². The van der Waals surface area contributed by atoms with Gasteiger partial charge in [-0.05, 0) is 68.4 Å². The number of nitrogens with one attached hydrogen (secondary N) is 1. The highest BCUT2D eigenvalue weighted by Gasteiger charge is 2.41. The van der Waals surface area contributed by atoms with Crippen LogP contribution in [0.3, 0.4) is 0 Å². The van der Waals surface area contributed by atoms with Gasteiger partial charge in [0.2, 0.25) is 5.91 Å². The monoisotopic (exact) mass is 441 g/mol. The van der Waals surface area contributed by atoms with Gasteiger partial charge in [0.1, 0.15) is 17.2 Å². The molecule has 7 heteroatoms. The van der Waals surface area contributed by atoms with Crippen molar-refractivity contribution in [2.75, 3.05) is 13.1 Å². The zero-order valence-electron chi connectivity index (χ0n) is 18.5. The summed E-state index contributed by atoms with van der Waals surface area (Å²) in [6.45, 7) is 5.48. The predicted molar refractivity (Wildman–Crippen MR) is 118 cm³/mol. The van der Waals surface area contributed by atoms with Gasteiger partial charge in [0, 0.05) is 25.7 Å². The second kappa shape index (κ2) is 9.36. The highest BCUT2D eigenvalue weighted by Crippen LogP contribution is 2.33. The number of halogens is 2. The molecule has 1 saturated heterocycles. The van der Waals surface area contributed by atoms with Crippen LogP contribution in [0, 0.1) is 31.4 Å². The first-order chi connectivity index (χ1) is 15.4. The summed E-state index contributed by atoms with van der Waals surface area (Å²) >= 11 is 0. The molecule has 1 aliphatic heterocycles.